The molecule has 2 unspecified atom stereocenters. The zero-order valence-electron chi connectivity index (χ0n) is 9.27. The second kappa shape index (κ2) is 6.06. The summed E-state index contributed by atoms with van der Waals surface area (Å²) in [7, 11) is 3.24. The molecule has 0 saturated heterocycles. The molecule has 90 valence electrons. The summed E-state index contributed by atoms with van der Waals surface area (Å²) in [6.45, 7) is 0.295. The number of likely N-dealkylation sites (N-methyl/N-ethyl adjacent to an activating group) is 1. The topological polar surface area (TPSA) is 61.7 Å². The van der Waals surface area contributed by atoms with Crippen molar-refractivity contribution in [2.75, 3.05) is 20.7 Å². The molecular formula is C11H16ClNO3. The van der Waals surface area contributed by atoms with E-state index in [0.717, 1.165) is 0 Å². The van der Waals surface area contributed by atoms with Gasteiger partial charge < -0.3 is 20.3 Å². The highest BCUT2D eigenvalue weighted by Crippen LogP contribution is 2.28. The number of benzene rings is 1. The molecule has 0 fully saturated rings. The molecule has 16 heavy (non-hydrogen) atoms. The maximum absolute atomic E-state index is 9.85. The zero-order chi connectivity index (χ0) is 12.1. The highest BCUT2D eigenvalue weighted by Gasteiger charge is 2.20. The summed E-state index contributed by atoms with van der Waals surface area (Å²) in [5.41, 5.74) is 0.491. The average molecular weight is 246 g/mol. The maximum Gasteiger partial charge on any atom is 0.120 e. The Bertz CT molecular complexity index is 346. The molecule has 4 nitrogen and oxygen atoms in total. The first kappa shape index (κ1) is 13.3. The van der Waals surface area contributed by atoms with Crippen molar-refractivity contribution >= 4 is 11.6 Å². The van der Waals surface area contributed by atoms with Gasteiger partial charge in [0.25, 0.3) is 0 Å². The van der Waals surface area contributed by atoms with E-state index in [-0.39, 0.29) is 0 Å². The summed E-state index contributed by atoms with van der Waals surface area (Å²) in [5.74, 6) is 0.615. The molecule has 1 rings (SSSR count). The van der Waals surface area contributed by atoms with Crippen LogP contribution < -0.4 is 10.1 Å². The van der Waals surface area contributed by atoms with E-state index in [9.17, 15) is 10.2 Å². The third-order valence-electron chi connectivity index (χ3n) is 2.30. The van der Waals surface area contributed by atoms with Gasteiger partial charge in [0.2, 0.25) is 0 Å². The highest BCUT2D eigenvalue weighted by molar-refractivity contribution is 6.31. The van der Waals surface area contributed by atoms with Gasteiger partial charge in [-0.3, -0.25) is 0 Å². The van der Waals surface area contributed by atoms with Crippen LogP contribution in [0.15, 0.2) is 18.2 Å². The quantitative estimate of drug-likeness (QED) is 0.723. The molecule has 1 aromatic rings. The van der Waals surface area contributed by atoms with Gasteiger partial charge in [0.15, 0.2) is 0 Å². The lowest BCUT2D eigenvalue weighted by molar-refractivity contribution is 0.0203. The molecule has 1 aromatic carbocycles. The van der Waals surface area contributed by atoms with Crippen molar-refractivity contribution in [3.05, 3.63) is 28.8 Å². The second-order valence-corrected chi connectivity index (χ2v) is 3.86. The lowest BCUT2D eigenvalue weighted by Crippen LogP contribution is -2.29. The van der Waals surface area contributed by atoms with E-state index in [1.54, 1.807) is 25.2 Å². The van der Waals surface area contributed by atoms with Gasteiger partial charge in [0.05, 0.1) is 18.2 Å². The van der Waals surface area contributed by atoms with Gasteiger partial charge in [-0.05, 0) is 19.2 Å². The van der Waals surface area contributed by atoms with Crippen LogP contribution in [0.1, 0.15) is 11.7 Å². The van der Waals surface area contributed by atoms with Crippen LogP contribution in [0.25, 0.3) is 0 Å². The average Bonchev–Trinajstić information content (AvgIpc) is 2.28. The Morgan fingerprint density at radius 1 is 1.44 bits per heavy atom. The van der Waals surface area contributed by atoms with Crippen molar-refractivity contribution < 1.29 is 14.9 Å². The number of hydrogen-bond donors (Lipinski definition) is 3. The fourth-order valence-electron chi connectivity index (χ4n) is 1.40. The Labute approximate surface area is 99.8 Å². The zero-order valence-corrected chi connectivity index (χ0v) is 10.0. The van der Waals surface area contributed by atoms with Crippen molar-refractivity contribution in [1.29, 1.82) is 0 Å². The summed E-state index contributed by atoms with van der Waals surface area (Å²) in [6, 6.07) is 4.94. The van der Waals surface area contributed by atoms with Crippen LogP contribution in [0.4, 0.5) is 0 Å². The van der Waals surface area contributed by atoms with Gasteiger partial charge in [-0.1, -0.05) is 17.7 Å². The normalized spacial score (nSPS) is 14.6. The largest absolute Gasteiger partial charge is 0.497 e. The van der Waals surface area contributed by atoms with Crippen LogP contribution in [-0.2, 0) is 0 Å². The number of aliphatic hydroxyl groups is 2. The Kier molecular flexibility index (Phi) is 5.02. The van der Waals surface area contributed by atoms with Crippen LogP contribution in [0.3, 0.4) is 0 Å². The lowest BCUT2D eigenvalue weighted by Gasteiger charge is -2.19. The standard InChI is InChI=1S/C11H16ClNO3/c1-13-6-10(14)11(15)8-4-3-7(16-2)5-9(8)12/h3-5,10-11,13-15H,6H2,1-2H3. The minimum Gasteiger partial charge on any atom is -0.497 e. The van der Waals surface area contributed by atoms with E-state index in [1.807, 2.05) is 0 Å². The van der Waals surface area contributed by atoms with Crippen molar-refractivity contribution in [1.82, 2.24) is 5.32 Å². The summed E-state index contributed by atoms with van der Waals surface area (Å²) in [6.07, 6.45) is -1.90. The SMILES string of the molecule is CNCC(O)C(O)c1ccc(OC)cc1Cl. The Balaban J connectivity index is 2.87. The number of ether oxygens (including phenoxy) is 1. The molecule has 0 spiro atoms. The molecule has 0 radical (unpaired) electrons. The highest BCUT2D eigenvalue weighted by atomic mass is 35.5. The van der Waals surface area contributed by atoms with E-state index in [0.29, 0.717) is 22.9 Å². The maximum atomic E-state index is 9.85. The third kappa shape index (κ3) is 3.09. The molecule has 0 amide bonds. The van der Waals surface area contributed by atoms with Crippen molar-refractivity contribution in [2.24, 2.45) is 0 Å². The number of nitrogens with one attached hydrogen (secondary N) is 1. The second-order valence-electron chi connectivity index (χ2n) is 3.46. The van der Waals surface area contributed by atoms with Gasteiger partial charge >= 0.3 is 0 Å². The van der Waals surface area contributed by atoms with E-state index in [4.69, 9.17) is 16.3 Å². The number of aliphatic hydroxyl groups excluding tert-OH is 2. The molecular weight excluding hydrogens is 230 g/mol. The van der Waals surface area contributed by atoms with E-state index in [2.05, 4.69) is 5.32 Å². The number of methoxy groups -OCH3 is 1. The predicted octanol–water partition coefficient (Wildman–Crippen LogP) is 0.962. The first-order valence-electron chi connectivity index (χ1n) is 4.94. The Morgan fingerprint density at radius 2 is 2.12 bits per heavy atom. The van der Waals surface area contributed by atoms with Crippen LogP contribution in [0, 0.1) is 0 Å². The summed E-state index contributed by atoms with van der Waals surface area (Å²) < 4.78 is 5.00. The summed E-state index contributed by atoms with van der Waals surface area (Å²) in [5, 5.41) is 22.6. The van der Waals surface area contributed by atoms with Crippen LogP contribution in [0.5, 0.6) is 5.75 Å². The molecule has 3 N–H and O–H groups in total. The van der Waals surface area contributed by atoms with Gasteiger partial charge in [0, 0.05) is 12.1 Å². The van der Waals surface area contributed by atoms with E-state index >= 15 is 0 Å². The monoisotopic (exact) mass is 245 g/mol. The molecule has 0 saturated carbocycles. The molecule has 2 atom stereocenters. The minimum absolute atomic E-state index is 0.295. The van der Waals surface area contributed by atoms with Gasteiger partial charge in [-0.25, -0.2) is 0 Å². The molecule has 5 heteroatoms. The molecule has 0 aliphatic carbocycles. The number of hydrogen-bond acceptors (Lipinski definition) is 4. The Morgan fingerprint density at radius 3 is 2.62 bits per heavy atom. The van der Waals surface area contributed by atoms with E-state index < -0.39 is 12.2 Å². The summed E-state index contributed by atoms with van der Waals surface area (Å²) in [4.78, 5) is 0. The number of rotatable bonds is 5. The van der Waals surface area contributed by atoms with Crippen LogP contribution in [0.2, 0.25) is 5.02 Å². The molecule has 0 aliphatic heterocycles. The third-order valence-corrected chi connectivity index (χ3v) is 2.63. The van der Waals surface area contributed by atoms with Crippen LogP contribution >= 0.6 is 11.6 Å². The van der Waals surface area contributed by atoms with Crippen molar-refractivity contribution in [2.45, 2.75) is 12.2 Å². The van der Waals surface area contributed by atoms with Crippen molar-refractivity contribution in [3.8, 4) is 5.75 Å². The molecule has 0 aromatic heterocycles. The molecule has 0 bridgehead atoms. The molecule has 0 aliphatic rings. The first-order chi connectivity index (χ1) is 7.60. The van der Waals surface area contributed by atoms with Crippen LogP contribution in [-0.4, -0.2) is 37.0 Å². The summed E-state index contributed by atoms with van der Waals surface area (Å²) >= 11 is 5.98. The number of halogens is 1. The lowest BCUT2D eigenvalue weighted by atomic mass is 10.0. The first-order valence-corrected chi connectivity index (χ1v) is 5.32. The fraction of sp³-hybridized carbons (Fsp3) is 0.455. The molecule has 0 heterocycles. The smallest absolute Gasteiger partial charge is 0.120 e. The fourth-order valence-corrected chi connectivity index (χ4v) is 1.69. The van der Waals surface area contributed by atoms with Gasteiger partial charge in [0.1, 0.15) is 11.9 Å². The predicted molar refractivity (Wildman–Crippen MR) is 62.9 cm³/mol. The Hall–Kier alpha value is -0.810. The van der Waals surface area contributed by atoms with Crippen molar-refractivity contribution in [3.63, 3.8) is 0 Å². The van der Waals surface area contributed by atoms with E-state index in [1.165, 1.54) is 7.11 Å². The van der Waals surface area contributed by atoms with Gasteiger partial charge in [-0.2, -0.15) is 0 Å². The minimum atomic E-state index is -1.01. The van der Waals surface area contributed by atoms with Gasteiger partial charge in [-0.15, -0.1) is 0 Å².